The quantitative estimate of drug-likeness (QED) is 0.898. The zero-order valence-corrected chi connectivity index (χ0v) is 10.9. The predicted molar refractivity (Wildman–Crippen MR) is 72.2 cm³/mol. The third-order valence-electron chi connectivity index (χ3n) is 3.71. The fourth-order valence-electron chi connectivity index (χ4n) is 2.70. The summed E-state index contributed by atoms with van der Waals surface area (Å²) in [5.41, 5.74) is 4.53. The molecule has 0 saturated carbocycles. The number of aromatic nitrogens is 2. The topological polar surface area (TPSA) is 55.1 Å². The van der Waals surface area contributed by atoms with Gasteiger partial charge in [0.25, 0.3) is 0 Å². The minimum Gasteiger partial charge on any atom is -0.475 e. The lowest BCUT2D eigenvalue weighted by atomic mass is 9.90. The van der Waals surface area contributed by atoms with Gasteiger partial charge in [0, 0.05) is 18.8 Å². The second kappa shape index (κ2) is 4.53. The number of imidazole rings is 1. The van der Waals surface area contributed by atoms with E-state index in [0.717, 1.165) is 24.1 Å². The van der Waals surface area contributed by atoms with Gasteiger partial charge >= 0.3 is 5.97 Å². The molecule has 3 rings (SSSR count). The number of benzene rings is 1. The molecular formula is C15H16N2O2. The highest BCUT2D eigenvalue weighted by Crippen LogP contribution is 2.27. The zero-order valence-electron chi connectivity index (χ0n) is 10.9. The normalized spacial score (nSPS) is 14.2. The Morgan fingerprint density at radius 1 is 1.26 bits per heavy atom. The Bertz CT molecular complexity index is 644. The van der Waals surface area contributed by atoms with Gasteiger partial charge in [-0.25, -0.2) is 9.78 Å². The van der Waals surface area contributed by atoms with Crippen molar-refractivity contribution in [3.05, 3.63) is 41.3 Å². The molecule has 4 nitrogen and oxygen atoms in total. The molecule has 1 heterocycles. The van der Waals surface area contributed by atoms with Crippen molar-refractivity contribution in [1.82, 2.24) is 9.55 Å². The molecule has 0 spiro atoms. The van der Waals surface area contributed by atoms with Crippen molar-refractivity contribution < 1.29 is 9.90 Å². The molecule has 4 heteroatoms. The zero-order chi connectivity index (χ0) is 13.4. The highest BCUT2D eigenvalue weighted by Gasteiger charge is 2.15. The first-order chi connectivity index (χ1) is 9.15. The number of carbonyl (C=O) groups is 1. The van der Waals surface area contributed by atoms with Crippen molar-refractivity contribution in [2.75, 3.05) is 0 Å². The molecule has 0 amide bonds. The average molecular weight is 256 g/mol. The maximum absolute atomic E-state index is 11.0. The van der Waals surface area contributed by atoms with Crippen molar-refractivity contribution in [3.8, 4) is 11.3 Å². The van der Waals surface area contributed by atoms with Crippen LogP contribution in [-0.4, -0.2) is 20.6 Å². The van der Waals surface area contributed by atoms with Crippen molar-refractivity contribution in [3.63, 3.8) is 0 Å². The standard InChI is InChI=1S/C15H16N2O2/c1-17-9-13(16-14(17)15(18)19)12-7-6-10-4-2-3-5-11(10)8-12/h6-9H,2-5H2,1H3,(H,18,19). The van der Waals surface area contributed by atoms with E-state index >= 15 is 0 Å². The Kier molecular flexibility index (Phi) is 2.85. The van der Waals surface area contributed by atoms with Crippen molar-refractivity contribution in [2.24, 2.45) is 7.05 Å². The fraction of sp³-hybridized carbons (Fsp3) is 0.333. The highest BCUT2D eigenvalue weighted by molar-refractivity contribution is 5.84. The molecule has 1 aliphatic rings. The third kappa shape index (κ3) is 2.14. The van der Waals surface area contributed by atoms with E-state index in [4.69, 9.17) is 5.11 Å². The van der Waals surface area contributed by atoms with Gasteiger partial charge in [-0.3, -0.25) is 0 Å². The summed E-state index contributed by atoms with van der Waals surface area (Å²) in [6.07, 6.45) is 6.53. The van der Waals surface area contributed by atoms with E-state index in [2.05, 4.69) is 17.1 Å². The summed E-state index contributed by atoms with van der Waals surface area (Å²) >= 11 is 0. The summed E-state index contributed by atoms with van der Waals surface area (Å²) < 4.78 is 1.55. The summed E-state index contributed by atoms with van der Waals surface area (Å²) in [5.74, 6) is -0.917. The maximum Gasteiger partial charge on any atom is 0.372 e. The van der Waals surface area contributed by atoms with Crippen LogP contribution >= 0.6 is 0 Å². The summed E-state index contributed by atoms with van der Waals surface area (Å²) in [6.45, 7) is 0. The van der Waals surface area contributed by atoms with Crippen LogP contribution in [0.2, 0.25) is 0 Å². The van der Waals surface area contributed by atoms with Gasteiger partial charge in [-0.15, -0.1) is 0 Å². The fourth-order valence-corrected chi connectivity index (χ4v) is 2.70. The van der Waals surface area contributed by atoms with Crippen LogP contribution in [-0.2, 0) is 19.9 Å². The molecule has 0 radical (unpaired) electrons. The Labute approximate surface area is 111 Å². The van der Waals surface area contributed by atoms with Crippen LogP contribution in [0.25, 0.3) is 11.3 Å². The highest BCUT2D eigenvalue weighted by atomic mass is 16.4. The first kappa shape index (κ1) is 12.0. The van der Waals surface area contributed by atoms with Gasteiger partial charge in [0.05, 0.1) is 5.69 Å². The molecule has 0 aliphatic heterocycles. The number of carboxylic acids is 1. The number of rotatable bonds is 2. The molecular weight excluding hydrogens is 240 g/mol. The lowest BCUT2D eigenvalue weighted by Crippen LogP contribution is -2.05. The van der Waals surface area contributed by atoms with E-state index in [1.54, 1.807) is 17.8 Å². The smallest absolute Gasteiger partial charge is 0.372 e. The molecule has 0 bridgehead atoms. The van der Waals surface area contributed by atoms with E-state index in [9.17, 15) is 4.79 Å². The van der Waals surface area contributed by atoms with Gasteiger partial charge < -0.3 is 9.67 Å². The molecule has 1 aromatic carbocycles. The number of aromatic carboxylic acids is 1. The van der Waals surface area contributed by atoms with Crippen molar-refractivity contribution >= 4 is 5.97 Å². The van der Waals surface area contributed by atoms with Gasteiger partial charge in [0.15, 0.2) is 0 Å². The molecule has 1 aromatic heterocycles. The first-order valence-electron chi connectivity index (χ1n) is 6.54. The molecule has 98 valence electrons. The van der Waals surface area contributed by atoms with Crippen LogP contribution in [0.1, 0.15) is 34.6 Å². The van der Waals surface area contributed by atoms with Crippen LogP contribution in [0.3, 0.4) is 0 Å². The lowest BCUT2D eigenvalue weighted by Gasteiger charge is -2.15. The first-order valence-corrected chi connectivity index (χ1v) is 6.54. The van der Waals surface area contributed by atoms with E-state index in [0.29, 0.717) is 0 Å². The molecule has 19 heavy (non-hydrogen) atoms. The lowest BCUT2D eigenvalue weighted by molar-refractivity contribution is 0.0680. The van der Waals surface area contributed by atoms with Gasteiger partial charge in [0.2, 0.25) is 5.82 Å². The number of nitrogens with zero attached hydrogens (tertiary/aromatic N) is 2. The third-order valence-corrected chi connectivity index (χ3v) is 3.71. The Morgan fingerprint density at radius 2 is 2.00 bits per heavy atom. The Hall–Kier alpha value is -2.10. The van der Waals surface area contributed by atoms with Gasteiger partial charge in [-0.05, 0) is 42.9 Å². The molecule has 0 unspecified atom stereocenters. The minimum atomic E-state index is -0.994. The number of hydrogen-bond acceptors (Lipinski definition) is 2. The second-order valence-electron chi connectivity index (χ2n) is 5.06. The van der Waals surface area contributed by atoms with Crippen LogP contribution in [0, 0.1) is 0 Å². The van der Waals surface area contributed by atoms with Gasteiger partial charge in [-0.1, -0.05) is 12.1 Å². The van der Waals surface area contributed by atoms with Crippen molar-refractivity contribution in [2.45, 2.75) is 25.7 Å². The van der Waals surface area contributed by atoms with Crippen LogP contribution in [0.15, 0.2) is 24.4 Å². The van der Waals surface area contributed by atoms with Crippen molar-refractivity contribution in [1.29, 1.82) is 0 Å². The van der Waals surface area contributed by atoms with E-state index in [-0.39, 0.29) is 5.82 Å². The van der Waals surface area contributed by atoms with E-state index in [1.807, 2.05) is 6.07 Å². The van der Waals surface area contributed by atoms with Gasteiger partial charge in [0.1, 0.15) is 0 Å². The Morgan fingerprint density at radius 3 is 2.68 bits per heavy atom. The number of aryl methyl sites for hydroxylation is 3. The summed E-state index contributed by atoms with van der Waals surface area (Å²) in [7, 11) is 1.71. The predicted octanol–water partition coefficient (Wildman–Crippen LogP) is 2.66. The second-order valence-corrected chi connectivity index (χ2v) is 5.06. The minimum absolute atomic E-state index is 0.0766. The van der Waals surface area contributed by atoms with Gasteiger partial charge in [-0.2, -0.15) is 0 Å². The average Bonchev–Trinajstić information content (AvgIpc) is 2.80. The molecule has 0 saturated heterocycles. The summed E-state index contributed by atoms with van der Waals surface area (Å²) in [4.78, 5) is 15.2. The monoisotopic (exact) mass is 256 g/mol. The Balaban J connectivity index is 2.02. The molecule has 0 fully saturated rings. The SMILES string of the molecule is Cn1cc(-c2ccc3c(c2)CCCC3)nc1C(=O)O. The number of hydrogen-bond donors (Lipinski definition) is 1. The van der Waals surface area contributed by atoms with Crippen LogP contribution in [0.4, 0.5) is 0 Å². The van der Waals surface area contributed by atoms with E-state index in [1.165, 1.54) is 24.0 Å². The largest absolute Gasteiger partial charge is 0.475 e. The summed E-state index contributed by atoms with van der Waals surface area (Å²) in [5, 5.41) is 9.03. The molecule has 1 aliphatic carbocycles. The maximum atomic E-state index is 11.0. The number of carboxylic acid groups (broad SMARTS) is 1. The molecule has 0 atom stereocenters. The van der Waals surface area contributed by atoms with Crippen LogP contribution in [0.5, 0.6) is 0 Å². The summed E-state index contributed by atoms with van der Waals surface area (Å²) in [6, 6.07) is 6.35. The van der Waals surface area contributed by atoms with E-state index < -0.39 is 5.97 Å². The molecule has 2 aromatic rings. The van der Waals surface area contributed by atoms with Crippen LogP contribution < -0.4 is 0 Å². The number of fused-ring (bicyclic) bond motifs is 1. The molecule has 1 N–H and O–H groups in total.